The van der Waals surface area contributed by atoms with Crippen LogP contribution in [0, 0.1) is 0 Å². The molecule has 0 atom stereocenters. The van der Waals surface area contributed by atoms with Crippen LogP contribution in [0.2, 0.25) is 0 Å². The van der Waals surface area contributed by atoms with E-state index in [4.69, 9.17) is 5.21 Å². The molecule has 3 rings (SSSR count). The highest BCUT2D eigenvalue weighted by Crippen LogP contribution is 2.31. The zero-order chi connectivity index (χ0) is 15.5. The van der Waals surface area contributed by atoms with E-state index in [0.717, 1.165) is 16.8 Å². The molecule has 0 fully saturated rings. The molecular weight excluding hydrogens is 280 g/mol. The van der Waals surface area contributed by atoms with Gasteiger partial charge in [0.05, 0.1) is 12.2 Å². The average Bonchev–Trinajstić information content (AvgIpc) is 2.90. The first-order valence-electron chi connectivity index (χ1n) is 6.81. The Labute approximate surface area is 127 Å². The molecule has 0 saturated heterocycles. The van der Waals surface area contributed by atoms with E-state index in [1.54, 1.807) is 16.5 Å². The maximum absolute atomic E-state index is 12.5. The fraction of sp³-hybridized carbons (Fsp3) is 0.0588. The van der Waals surface area contributed by atoms with Crippen molar-refractivity contribution in [2.45, 2.75) is 6.54 Å². The molecule has 1 aliphatic heterocycles. The van der Waals surface area contributed by atoms with Crippen LogP contribution in [-0.4, -0.2) is 17.0 Å². The first-order valence-corrected chi connectivity index (χ1v) is 6.81. The Kier molecular flexibility index (Phi) is 3.72. The number of carbonyl (C=O) groups is 2. The van der Waals surface area contributed by atoms with Gasteiger partial charge >= 0.3 is 0 Å². The number of nitrogens with zero attached hydrogens (tertiary/aromatic N) is 1. The quantitative estimate of drug-likeness (QED) is 0.519. The minimum Gasteiger partial charge on any atom is -0.303 e. The Morgan fingerprint density at radius 2 is 1.86 bits per heavy atom. The van der Waals surface area contributed by atoms with Gasteiger partial charge in [0.1, 0.15) is 0 Å². The number of amides is 2. The van der Waals surface area contributed by atoms with Crippen LogP contribution in [0.15, 0.2) is 54.6 Å². The molecule has 2 amide bonds. The van der Waals surface area contributed by atoms with Gasteiger partial charge in [-0.15, -0.1) is 0 Å². The normalized spacial score (nSPS) is 13.5. The molecule has 110 valence electrons. The molecule has 2 aromatic rings. The molecule has 22 heavy (non-hydrogen) atoms. The molecule has 0 spiro atoms. The molecule has 0 bridgehead atoms. The second-order valence-corrected chi connectivity index (χ2v) is 4.92. The Morgan fingerprint density at radius 3 is 2.64 bits per heavy atom. The Balaban J connectivity index is 1.96. The number of hydrogen-bond acceptors (Lipinski definition) is 3. The molecule has 0 aliphatic carbocycles. The van der Waals surface area contributed by atoms with Crippen molar-refractivity contribution in [2.24, 2.45) is 0 Å². The van der Waals surface area contributed by atoms with Crippen molar-refractivity contribution in [1.29, 1.82) is 0 Å². The van der Waals surface area contributed by atoms with Crippen molar-refractivity contribution < 1.29 is 14.8 Å². The summed E-state index contributed by atoms with van der Waals surface area (Å²) in [6.45, 7) is 0.506. The van der Waals surface area contributed by atoms with Crippen molar-refractivity contribution in [2.75, 3.05) is 4.90 Å². The summed E-state index contributed by atoms with van der Waals surface area (Å²) >= 11 is 0. The van der Waals surface area contributed by atoms with Crippen LogP contribution < -0.4 is 10.4 Å². The van der Waals surface area contributed by atoms with Crippen LogP contribution in [0.3, 0.4) is 0 Å². The van der Waals surface area contributed by atoms with Gasteiger partial charge in [-0.1, -0.05) is 36.4 Å². The van der Waals surface area contributed by atoms with Gasteiger partial charge in [0.15, 0.2) is 0 Å². The van der Waals surface area contributed by atoms with Crippen molar-refractivity contribution in [3.63, 3.8) is 0 Å². The van der Waals surface area contributed by atoms with E-state index in [1.807, 2.05) is 48.5 Å². The summed E-state index contributed by atoms with van der Waals surface area (Å²) in [7, 11) is 0. The van der Waals surface area contributed by atoms with Gasteiger partial charge in [0.25, 0.3) is 11.8 Å². The fourth-order valence-electron chi connectivity index (χ4n) is 2.53. The number of fused-ring (bicyclic) bond motifs is 1. The van der Waals surface area contributed by atoms with Gasteiger partial charge in [-0.25, -0.2) is 5.48 Å². The molecule has 1 aliphatic rings. The highest BCUT2D eigenvalue weighted by Gasteiger charge is 2.28. The molecule has 1 heterocycles. The highest BCUT2D eigenvalue weighted by atomic mass is 16.5. The van der Waals surface area contributed by atoms with Crippen LogP contribution in [-0.2, 0) is 11.3 Å². The van der Waals surface area contributed by atoms with Crippen LogP contribution >= 0.6 is 0 Å². The van der Waals surface area contributed by atoms with E-state index >= 15 is 0 Å². The Morgan fingerprint density at radius 1 is 1.14 bits per heavy atom. The van der Waals surface area contributed by atoms with Crippen molar-refractivity contribution in [3.05, 3.63) is 71.3 Å². The van der Waals surface area contributed by atoms with E-state index < -0.39 is 5.91 Å². The van der Waals surface area contributed by atoms with Gasteiger partial charge in [-0.2, -0.15) is 0 Å². The van der Waals surface area contributed by atoms with E-state index in [1.165, 1.54) is 6.08 Å². The molecule has 0 aromatic heterocycles. The predicted molar refractivity (Wildman–Crippen MR) is 82.4 cm³/mol. The Hall–Kier alpha value is -2.92. The third-order valence-corrected chi connectivity index (χ3v) is 3.57. The first-order chi connectivity index (χ1) is 10.7. The van der Waals surface area contributed by atoms with Crippen molar-refractivity contribution >= 4 is 23.6 Å². The number of hydroxylamine groups is 1. The molecule has 2 aromatic carbocycles. The largest absolute Gasteiger partial charge is 0.303 e. The number of carbonyl (C=O) groups excluding carboxylic acids is 2. The third kappa shape index (κ3) is 2.49. The van der Waals surface area contributed by atoms with Crippen LogP contribution in [0.5, 0.6) is 0 Å². The van der Waals surface area contributed by atoms with E-state index in [-0.39, 0.29) is 5.91 Å². The molecule has 5 heteroatoms. The minimum atomic E-state index is -0.620. The van der Waals surface area contributed by atoms with Gasteiger partial charge in [-0.05, 0) is 29.3 Å². The molecule has 0 radical (unpaired) electrons. The van der Waals surface area contributed by atoms with Gasteiger partial charge in [0, 0.05) is 11.6 Å². The molecule has 0 unspecified atom stereocenters. The van der Waals surface area contributed by atoms with Crippen LogP contribution in [0.4, 0.5) is 5.69 Å². The van der Waals surface area contributed by atoms with E-state index in [0.29, 0.717) is 12.1 Å². The monoisotopic (exact) mass is 294 g/mol. The second kappa shape index (κ2) is 5.83. The number of para-hydroxylation sites is 1. The van der Waals surface area contributed by atoms with Crippen molar-refractivity contribution in [3.8, 4) is 0 Å². The summed E-state index contributed by atoms with van der Waals surface area (Å²) in [5, 5.41) is 8.54. The standard InChI is InChI=1S/C17H14N2O3/c20-16(18-22)10-9-12-5-2-4-8-15(12)19-11-13-6-1-3-7-14(13)17(19)21/h1-10,22H,11H2,(H,18,20)/b10-9+. The molecular formula is C17H14N2O3. The lowest BCUT2D eigenvalue weighted by molar-refractivity contribution is -0.124. The maximum atomic E-state index is 12.5. The summed E-state index contributed by atoms with van der Waals surface area (Å²) in [5.74, 6) is -0.672. The fourth-order valence-corrected chi connectivity index (χ4v) is 2.53. The summed E-state index contributed by atoms with van der Waals surface area (Å²) in [5.41, 5.74) is 4.69. The van der Waals surface area contributed by atoms with Gasteiger partial charge in [-0.3, -0.25) is 14.8 Å². The zero-order valence-electron chi connectivity index (χ0n) is 11.7. The summed E-state index contributed by atoms with van der Waals surface area (Å²) < 4.78 is 0. The number of benzene rings is 2. The second-order valence-electron chi connectivity index (χ2n) is 4.92. The minimum absolute atomic E-state index is 0.0527. The molecule has 0 saturated carbocycles. The van der Waals surface area contributed by atoms with Crippen molar-refractivity contribution in [1.82, 2.24) is 5.48 Å². The molecule has 5 nitrogen and oxygen atoms in total. The highest BCUT2D eigenvalue weighted by molar-refractivity contribution is 6.11. The molecule has 2 N–H and O–H groups in total. The number of rotatable bonds is 3. The zero-order valence-corrected chi connectivity index (χ0v) is 11.7. The lowest BCUT2D eigenvalue weighted by Gasteiger charge is -2.18. The first kappa shape index (κ1) is 14.0. The summed E-state index contributed by atoms with van der Waals surface area (Å²) in [6, 6.07) is 14.8. The lowest BCUT2D eigenvalue weighted by Crippen LogP contribution is -2.23. The van der Waals surface area contributed by atoms with Gasteiger partial charge < -0.3 is 4.90 Å². The lowest BCUT2D eigenvalue weighted by atomic mass is 10.1. The van der Waals surface area contributed by atoms with Crippen LogP contribution in [0.1, 0.15) is 21.5 Å². The third-order valence-electron chi connectivity index (χ3n) is 3.57. The maximum Gasteiger partial charge on any atom is 0.267 e. The SMILES string of the molecule is O=C(/C=C/c1ccccc1N1Cc2ccccc2C1=O)NO. The predicted octanol–water partition coefficient (Wildman–Crippen LogP) is 2.37. The number of nitrogens with one attached hydrogen (secondary N) is 1. The van der Waals surface area contributed by atoms with E-state index in [9.17, 15) is 9.59 Å². The van der Waals surface area contributed by atoms with E-state index in [2.05, 4.69) is 0 Å². The smallest absolute Gasteiger partial charge is 0.267 e. The topological polar surface area (TPSA) is 69.6 Å². The number of anilines is 1. The summed E-state index contributed by atoms with van der Waals surface area (Å²) in [4.78, 5) is 25.3. The van der Waals surface area contributed by atoms with Gasteiger partial charge in [0.2, 0.25) is 0 Å². The average molecular weight is 294 g/mol. The summed E-state index contributed by atoms with van der Waals surface area (Å²) in [6.07, 6.45) is 2.78. The van der Waals surface area contributed by atoms with Crippen LogP contribution in [0.25, 0.3) is 6.08 Å². The number of hydrogen-bond donors (Lipinski definition) is 2. The Bertz CT molecular complexity index is 768.